The average Bonchev–Trinajstić information content (AvgIpc) is 4.30. The third kappa shape index (κ3) is 12.0. The zero-order chi connectivity index (χ0) is 55.2. The number of carbonyl (C=O) groups is 6. The van der Waals surface area contributed by atoms with Crippen LogP contribution in [0.3, 0.4) is 0 Å². The van der Waals surface area contributed by atoms with Crippen molar-refractivity contribution in [1.29, 1.82) is 0 Å². The zero-order valence-electron chi connectivity index (χ0n) is 40.5. The van der Waals surface area contributed by atoms with Gasteiger partial charge in [0, 0.05) is 64.6 Å². The Morgan fingerprint density at radius 2 is 1.28 bits per heavy atom. The molecule has 400 valence electrons. The minimum Gasteiger partial charge on any atom is -0.478 e. The van der Waals surface area contributed by atoms with Crippen molar-refractivity contribution in [2.45, 2.75) is 52.4 Å². The van der Waals surface area contributed by atoms with E-state index in [1.54, 1.807) is 17.0 Å². The molecule has 1 saturated heterocycles. The van der Waals surface area contributed by atoms with E-state index >= 15 is 0 Å². The maximum atomic E-state index is 13.5. The number of nitrogens with zero attached hydrogens (tertiary/aromatic N) is 10. The highest BCUT2D eigenvalue weighted by molar-refractivity contribution is 7.16. The van der Waals surface area contributed by atoms with E-state index in [-0.39, 0.29) is 87.0 Å². The molecule has 1 fully saturated rings. The van der Waals surface area contributed by atoms with Crippen molar-refractivity contribution >= 4 is 93.0 Å². The molecule has 0 aromatic carbocycles. The van der Waals surface area contributed by atoms with E-state index in [4.69, 9.17) is 36.6 Å². The van der Waals surface area contributed by atoms with Crippen molar-refractivity contribution in [3.8, 4) is 22.5 Å². The van der Waals surface area contributed by atoms with Crippen LogP contribution in [0.1, 0.15) is 86.8 Å². The number of piperidine rings is 1. The molecule has 29 heteroatoms. The van der Waals surface area contributed by atoms with Gasteiger partial charge < -0.3 is 48.2 Å². The quantitative estimate of drug-likeness (QED) is 0.0665. The van der Waals surface area contributed by atoms with E-state index in [0.717, 1.165) is 79.0 Å². The van der Waals surface area contributed by atoms with Crippen LogP contribution in [0, 0.1) is 6.92 Å². The van der Waals surface area contributed by atoms with E-state index < -0.39 is 47.2 Å². The van der Waals surface area contributed by atoms with Crippen LogP contribution in [0.5, 0.6) is 0 Å². The van der Waals surface area contributed by atoms with Crippen molar-refractivity contribution in [2.24, 2.45) is 0 Å². The molecule has 0 bridgehead atoms. The molecule has 0 spiro atoms. The molecule has 9 aromatic rings. The van der Waals surface area contributed by atoms with E-state index in [2.05, 4.69) is 36.0 Å². The van der Waals surface area contributed by atoms with Gasteiger partial charge in [-0.2, -0.15) is 19.6 Å². The number of nitrogens with one attached hydrogen (secondary N) is 2. The summed E-state index contributed by atoms with van der Waals surface area (Å²) in [6, 6.07) is 12.6. The maximum absolute atomic E-state index is 13.5. The molecule has 0 radical (unpaired) electrons. The molecule has 10 rings (SSSR count). The first-order chi connectivity index (χ1) is 37.5. The van der Waals surface area contributed by atoms with Gasteiger partial charge in [-0.3, -0.25) is 28.8 Å². The number of hydrogen-bond acceptors (Lipinski definition) is 20. The number of thiophene rings is 2. The number of carbonyl (C=O) groups excluding carboxylic acids is 4. The number of aromatic nitrogens is 9. The van der Waals surface area contributed by atoms with Crippen molar-refractivity contribution < 1.29 is 52.3 Å². The number of ketones is 1. The normalized spacial score (nSPS) is 12.2. The summed E-state index contributed by atoms with van der Waals surface area (Å²) in [6.45, 7) is 2.37. The summed E-state index contributed by atoms with van der Waals surface area (Å²) in [5, 5.41) is 38.1. The summed E-state index contributed by atoms with van der Waals surface area (Å²) >= 11 is 14.7. The van der Waals surface area contributed by atoms with Crippen LogP contribution >= 0.6 is 45.9 Å². The highest BCUT2D eigenvalue weighted by Crippen LogP contribution is 2.30. The maximum Gasteiger partial charge on any atom is 0.337 e. The number of likely N-dealkylation sites (tertiary alicyclic amines) is 1. The summed E-state index contributed by atoms with van der Waals surface area (Å²) in [6.07, 6.45) is 10.9. The first-order valence-corrected chi connectivity index (χ1v) is 25.6. The number of amides is 1. The fourth-order valence-corrected chi connectivity index (χ4v) is 10.2. The van der Waals surface area contributed by atoms with Gasteiger partial charge in [0.1, 0.15) is 42.1 Å². The lowest BCUT2D eigenvalue weighted by molar-refractivity contribution is -0.132. The Balaban J connectivity index is 0.000000190. The fraction of sp³-hybridized carbons (Fsp3) is 0.204. The molecule has 0 aliphatic carbocycles. The number of anilines is 2. The second-order valence-electron chi connectivity index (χ2n) is 17.0. The predicted octanol–water partition coefficient (Wildman–Crippen LogP) is 7.02. The highest BCUT2D eigenvalue weighted by atomic mass is 35.5. The van der Waals surface area contributed by atoms with Gasteiger partial charge in [0.05, 0.1) is 56.9 Å². The van der Waals surface area contributed by atoms with Crippen molar-refractivity contribution in [3.63, 3.8) is 0 Å². The molecule has 4 N–H and O–H groups in total. The number of oxazole rings is 2. The molecule has 10 heterocycles. The molecule has 0 unspecified atom stereocenters. The standard InChI is InChI=1S/C25H23ClN6O6S.C24H17ClN6O7S/c26-20-5-4-16(39-20)12-27-21-11-18(29-32(21)24(35)19-6-7-28-38-19)17-10-15(25(36)37)13-31(23(17)34)14-22(33)30-8-2-1-3-9-30;1-12-21(24(35)36)14(6-30(22(12)33)7-18(32)16-8-37-10-27-16)15-4-20(26-5-13-2-3-19(25)39-13)31(29-15)23(34)17-9-38-11-28-17/h4-7,10-11,13,27H,1-3,8-9,12,14H2,(H,36,37);2-4,6,8-11,26H,5,7H2,1H3,(H,35,36). The number of hydrogen-bond donors (Lipinski definition) is 4. The Morgan fingerprint density at radius 1 is 0.692 bits per heavy atom. The monoisotopic (exact) mass is 1140 g/mol. The smallest absolute Gasteiger partial charge is 0.337 e. The molecule has 78 heavy (non-hydrogen) atoms. The minimum absolute atomic E-state index is 0.00562. The number of aromatic carboxylic acids is 2. The van der Waals surface area contributed by atoms with Crippen molar-refractivity contribution in [2.75, 3.05) is 23.7 Å². The van der Waals surface area contributed by atoms with Crippen LogP contribution in [0.25, 0.3) is 22.5 Å². The number of pyridine rings is 2. The molecule has 25 nitrogen and oxygen atoms in total. The molecule has 1 amide bonds. The van der Waals surface area contributed by atoms with Gasteiger partial charge >= 0.3 is 23.8 Å². The lowest BCUT2D eigenvalue weighted by Crippen LogP contribution is -2.39. The van der Waals surface area contributed by atoms with Crippen LogP contribution in [-0.4, -0.2) is 107 Å². The molecule has 0 atom stereocenters. The Kier molecular flexibility index (Phi) is 16.2. The molecular weight excluding hydrogens is 1100 g/mol. The molecular formula is C49H40Cl2N12O13S2. The summed E-state index contributed by atoms with van der Waals surface area (Å²) in [5.41, 5.74) is -1.92. The number of Topliss-reactive ketones (excluding diaryl/α,β-unsaturated/α-hetero) is 1. The third-order valence-electron chi connectivity index (χ3n) is 11.9. The van der Waals surface area contributed by atoms with Crippen LogP contribution in [0.4, 0.5) is 11.6 Å². The second-order valence-corrected chi connectivity index (χ2v) is 20.6. The number of carboxylic acids is 2. The molecule has 1 aliphatic heterocycles. The van der Waals surface area contributed by atoms with E-state index in [1.165, 1.54) is 66.3 Å². The SMILES string of the molecule is Cc1c(C(=O)O)c(-c2cc(NCc3ccc(Cl)s3)n(C(=O)c3cocn3)n2)cn(CC(=O)c2cocn2)c1=O.O=C(O)c1cc(-c2cc(NCc3ccc(Cl)s3)n(C(=O)c3ccno3)n2)c(=O)n(CC(=O)N2CCCCC2)c1. The Morgan fingerprint density at radius 3 is 1.82 bits per heavy atom. The number of rotatable bonds is 17. The second kappa shape index (κ2) is 23.5. The van der Waals surface area contributed by atoms with Gasteiger partial charge in [-0.1, -0.05) is 28.4 Å². The van der Waals surface area contributed by atoms with Crippen LogP contribution in [-0.2, 0) is 31.0 Å². The topological polar surface area (TPSA) is 328 Å². The molecule has 9 aromatic heterocycles. The minimum atomic E-state index is -1.38. The Bertz CT molecular complexity index is 3830. The first-order valence-electron chi connectivity index (χ1n) is 23.2. The average molecular weight is 1140 g/mol. The van der Waals surface area contributed by atoms with Crippen LogP contribution in [0.15, 0.2) is 115 Å². The molecule has 1 aliphatic rings. The summed E-state index contributed by atoms with van der Waals surface area (Å²) in [4.78, 5) is 113. The van der Waals surface area contributed by atoms with Gasteiger partial charge in [0.25, 0.3) is 11.1 Å². The summed E-state index contributed by atoms with van der Waals surface area (Å²) < 4.78 is 20.1. The van der Waals surface area contributed by atoms with E-state index in [1.807, 2.05) is 12.1 Å². The van der Waals surface area contributed by atoms with Gasteiger partial charge in [0.15, 0.2) is 18.5 Å². The fourth-order valence-electron chi connectivity index (χ4n) is 8.11. The molecule has 0 saturated carbocycles. The number of halogens is 2. The highest BCUT2D eigenvalue weighted by Gasteiger charge is 2.28. The van der Waals surface area contributed by atoms with Crippen molar-refractivity contribution in [1.82, 2.24) is 48.7 Å². The Labute approximate surface area is 455 Å². The van der Waals surface area contributed by atoms with E-state index in [0.29, 0.717) is 28.3 Å². The van der Waals surface area contributed by atoms with Crippen molar-refractivity contribution in [3.05, 3.63) is 165 Å². The van der Waals surface area contributed by atoms with Gasteiger partial charge in [-0.25, -0.2) is 19.6 Å². The predicted molar refractivity (Wildman–Crippen MR) is 280 cm³/mol. The lowest BCUT2D eigenvalue weighted by atomic mass is 10.0. The zero-order valence-corrected chi connectivity index (χ0v) is 43.6. The van der Waals surface area contributed by atoms with Crippen LogP contribution in [0.2, 0.25) is 8.67 Å². The first kappa shape index (κ1) is 53.8. The van der Waals surface area contributed by atoms with Gasteiger partial charge in [-0.15, -0.1) is 22.7 Å². The van der Waals surface area contributed by atoms with Gasteiger partial charge in [-0.05, 0) is 56.5 Å². The summed E-state index contributed by atoms with van der Waals surface area (Å²) in [7, 11) is 0. The number of carboxylic acid groups (broad SMARTS) is 2. The van der Waals surface area contributed by atoms with Crippen LogP contribution < -0.4 is 21.8 Å². The van der Waals surface area contributed by atoms with E-state index in [9.17, 15) is 48.6 Å². The summed E-state index contributed by atoms with van der Waals surface area (Å²) in [5.74, 6) is -4.40. The van der Waals surface area contributed by atoms with Gasteiger partial charge in [0.2, 0.25) is 17.5 Å². The largest absolute Gasteiger partial charge is 0.478 e. The third-order valence-corrected chi connectivity index (χ3v) is 14.4. The lowest BCUT2D eigenvalue weighted by Gasteiger charge is -2.27. The Hall–Kier alpha value is -9.05.